The Kier molecular flexibility index (Phi) is 5.81. The third-order valence-corrected chi connectivity index (χ3v) is 4.19. The maximum absolute atomic E-state index is 13.3. The van der Waals surface area contributed by atoms with Crippen molar-refractivity contribution in [3.05, 3.63) is 89.9 Å². The number of benzene rings is 2. The average molecular weight is 363 g/mol. The van der Waals surface area contributed by atoms with Crippen LogP contribution in [0.15, 0.2) is 72.9 Å². The van der Waals surface area contributed by atoms with Crippen molar-refractivity contribution in [2.24, 2.45) is 0 Å². The fourth-order valence-electron chi connectivity index (χ4n) is 2.74. The molecule has 1 heterocycles. The number of hydrogen-bond donors (Lipinski definition) is 1. The van der Waals surface area contributed by atoms with E-state index >= 15 is 0 Å². The Labute approximate surface area is 158 Å². The van der Waals surface area contributed by atoms with Crippen molar-refractivity contribution in [1.82, 2.24) is 9.88 Å². The molecule has 2 aromatic carbocycles. The van der Waals surface area contributed by atoms with E-state index in [1.165, 1.54) is 12.1 Å². The summed E-state index contributed by atoms with van der Waals surface area (Å²) < 4.78 is 13.3. The van der Waals surface area contributed by atoms with Crippen LogP contribution in [-0.2, 0) is 6.54 Å². The average Bonchev–Trinajstić information content (AvgIpc) is 2.67. The van der Waals surface area contributed by atoms with Gasteiger partial charge in [0.2, 0.25) is 0 Å². The van der Waals surface area contributed by atoms with Crippen LogP contribution in [0.4, 0.5) is 15.9 Å². The molecule has 0 unspecified atom stereocenters. The maximum atomic E-state index is 13.3. The highest BCUT2D eigenvalue weighted by Gasteiger charge is 2.19. The molecule has 27 heavy (non-hydrogen) atoms. The van der Waals surface area contributed by atoms with E-state index in [0.29, 0.717) is 23.6 Å². The van der Waals surface area contributed by atoms with Crippen LogP contribution in [0.1, 0.15) is 29.8 Å². The number of carbonyl (C=O) groups excluding carboxylic acids is 1. The normalized spacial score (nSPS) is 10.7. The number of aromatic nitrogens is 1. The van der Waals surface area contributed by atoms with Crippen LogP contribution >= 0.6 is 0 Å². The zero-order chi connectivity index (χ0) is 19.2. The Balaban J connectivity index is 1.73. The predicted octanol–water partition coefficient (Wildman–Crippen LogP) is 5.02. The minimum atomic E-state index is -0.319. The van der Waals surface area contributed by atoms with Gasteiger partial charge in [0.25, 0.3) is 5.91 Å². The van der Waals surface area contributed by atoms with Gasteiger partial charge in [0, 0.05) is 24.5 Å². The summed E-state index contributed by atoms with van der Waals surface area (Å²) in [5.41, 5.74) is 2.20. The molecule has 0 radical (unpaired) electrons. The predicted molar refractivity (Wildman–Crippen MR) is 105 cm³/mol. The molecule has 138 valence electrons. The van der Waals surface area contributed by atoms with Gasteiger partial charge in [0.1, 0.15) is 11.6 Å². The van der Waals surface area contributed by atoms with Crippen molar-refractivity contribution < 1.29 is 9.18 Å². The maximum Gasteiger partial charge on any atom is 0.255 e. The van der Waals surface area contributed by atoms with Gasteiger partial charge in [-0.1, -0.05) is 36.4 Å². The lowest BCUT2D eigenvalue weighted by atomic mass is 10.1. The van der Waals surface area contributed by atoms with E-state index in [1.54, 1.807) is 30.5 Å². The number of hydrogen-bond acceptors (Lipinski definition) is 3. The van der Waals surface area contributed by atoms with E-state index in [1.807, 2.05) is 49.1 Å². The Bertz CT molecular complexity index is 895. The van der Waals surface area contributed by atoms with E-state index in [4.69, 9.17) is 0 Å². The van der Waals surface area contributed by atoms with E-state index < -0.39 is 0 Å². The van der Waals surface area contributed by atoms with Crippen molar-refractivity contribution in [1.29, 1.82) is 0 Å². The molecule has 0 saturated carbocycles. The summed E-state index contributed by atoms with van der Waals surface area (Å²) >= 11 is 0. The second-order valence-corrected chi connectivity index (χ2v) is 6.58. The van der Waals surface area contributed by atoms with Gasteiger partial charge in [0.05, 0.1) is 5.56 Å². The highest BCUT2D eigenvalue weighted by molar-refractivity contribution is 5.94. The number of anilines is 2. The summed E-state index contributed by atoms with van der Waals surface area (Å²) in [5.74, 6) is 0.162. The first kappa shape index (κ1) is 18.6. The molecule has 4 nitrogen and oxygen atoms in total. The Morgan fingerprint density at radius 2 is 1.85 bits per heavy atom. The van der Waals surface area contributed by atoms with E-state index in [-0.39, 0.29) is 17.8 Å². The summed E-state index contributed by atoms with van der Waals surface area (Å²) in [7, 11) is 0. The SMILES string of the molecule is CC(C)N(Cc1ccccc1)C(=O)c1ccc(Nc2cccc(F)c2)nc1. The number of halogens is 1. The molecule has 0 aliphatic rings. The first-order valence-electron chi connectivity index (χ1n) is 8.86. The second-order valence-electron chi connectivity index (χ2n) is 6.58. The van der Waals surface area contributed by atoms with Gasteiger partial charge in [-0.15, -0.1) is 0 Å². The molecule has 5 heteroatoms. The van der Waals surface area contributed by atoms with Crippen molar-refractivity contribution in [3.8, 4) is 0 Å². The minimum absolute atomic E-state index is 0.0581. The number of nitrogens with zero attached hydrogens (tertiary/aromatic N) is 2. The lowest BCUT2D eigenvalue weighted by Gasteiger charge is -2.27. The molecule has 0 fully saturated rings. The van der Waals surface area contributed by atoms with Crippen LogP contribution in [0.3, 0.4) is 0 Å². The van der Waals surface area contributed by atoms with Gasteiger partial charge >= 0.3 is 0 Å². The van der Waals surface area contributed by atoms with Gasteiger partial charge in [-0.3, -0.25) is 4.79 Å². The Hall–Kier alpha value is -3.21. The van der Waals surface area contributed by atoms with Gasteiger partial charge in [-0.05, 0) is 49.7 Å². The third-order valence-electron chi connectivity index (χ3n) is 4.19. The Morgan fingerprint density at radius 3 is 2.48 bits per heavy atom. The smallest absolute Gasteiger partial charge is 0.255 e. The van der Waals surface area contributed by atoms with Crippen molar-refractivity contribution in [3.63, 3.8) is 0 Å². The van der Waals surface area contributed by atoms with Crippen LogP contribution in [0.25, 0.3) is 0 Å². The highest BCUT2D eigenvalue weighted by Crippen LogP contribution is 2.17. The van der Waals surface area contributed by atoms with Crippen molar-refractivity contribution in [2.75, 3.05) is 5.32 Å². The number of rotatable bonds is 6. The fourth-order valence-corrected chi connectivity index (χ4v) is 2.74. The summed E-state index contributed by atoms with van der Waals surface area (Å²) in [6.07, 6.45) is 1.55. The number of amides is 1. The van der Waals surface area contributed by atoms with Crippen molar-refractivity contribution >= 4 is 17.4 Å². The number of nitrogens with one attached hydrogen (secondary N) is 1. The highest BCUT2D eigenvalue weighted by atomic mass is 19.1. The largest absolute Gasteiger partial charge is 0.340 e. The van der Waals surface area contributed by atoms with Crippen LogP contribution in [0, 0.1) is 5.82 Å². The monoisotopic (exact) mass is 363 g/mol. The minimum Gasteiger partial charge on any atom is -0.340 e. The molecule has 3 rings (SSSR count). The zero-order valence-electron chi connectivity index (χ0n) is 15.4. The molecule has 0 aliphatic heterocycles. The molecule has 1 N–H and O–H groups in total. The molecule has 0 aliphatic carbocycles. The summed E-state index contributed by atoms with van der Waals surface area (Å²) in [6, 6.07) is 19.6. The van der Waals surface area contributed by atoms with E-state index in [9.17, 15) is 9.18 Å². The molecule has 0 saturated heterocycles. The standard InChI is InChI=1S/C22H22FN3O/c1-16(2)26(15-17-7-4-3-5-8-17)22(27)18-11-12-21(24-14-18)25-20-10-6-9-19(23)13-20/h3-14,16H,15H2,1-2H3,(H,24,25). The molecular formula is C22H22FN3O. The molecule has 1 aromatic heterocycles. The summed E-state index contributed by atoms with van der Waals surface area (Å²) in [5, 5.41) is 3.03. The lowest BCUT2D eigenvalue weighted by molar-refractivity contribution is 0.0690. The Morgan fingerprint density at radius 1 is 1.07 bits per heavy atom. The van der Waals surface area contributed by atoms with Gasteiger partial charge in [-0.2, -0.15) is 0 Å². The van der Waals surface area contributed by atoms with Gasteiger partial charge in [0.15, 0.2) is 0 Å². The quantitative estimate of drug-likeness (QED) is 0.669. The number of carbonyl (C=O) groups is 1. The van der Waals surface area contributed by atoms with Crippen LogP contribution in [0.2, 0.25) is 0 Å². The fraction of sp³-hybridized carbons (Fsp3) is 0.182. The first-order valence-corrected chi connectivity index (χ1v) is 8.86. The first-order chi connectivity index (χ1) is 13.0. The number of pyridine rings is 1. The molecule has 1 amide bonds. The second kappa shape index (κ2) is 8.45. The van der Waals surface area contributed by atoms with Crippen LogP contribution < -0.4 is 5.32 Å². The lowest BCUT2D eigenvalue weighted by Crippen LogP contribution is -2.36. The molecule has 0 atom stereocenters. The molecular weight excluding hydrogens is 341 g/mol. The van der Waals surface area contributed by atoms with E-state index in [2.05, 4.69) is 10.3 Å². The van der Waals surface area contributed by atoms with Gasteiger partial charge < -0.3 is 10.2 Å². The van der Waals surface area contributed by atoms with Crippen molar-refractivity contribution in [2.45, 2.75) is 26.4 Å². The van der Waals surface area contributed by atoms with E-state index in [0.717, 1.165) is 5.56 Å². The molecule has 0 bridgehead atoms. The molecule has 0 spiro atoms. The topological polar surface area (TPSA) is 45.2 Å². The van der Waals surface area contributed by atoms with Crippen LogP contribution in [-0.4, -0.2) is 21.8 Å². The molecule has 3 aromatic rings. The zero-order valence-corrected chi connectivity index (χ0v) is 15.4. The third kappa shape index (κ3) is 4.91. The van der Waals surface area contributed by atoms with Gasteiger partial charge in [-0.25, -0.2) is 9.37 Å². The summed E-state index contributed by atoms with van der Waals surface area (Å²) in [6.45, 7) is 4.53. The summed E-state index contributed by atoms with van der Waals surface area (Å²) in [4.78, 5) is 19.0. The van der Waals surface area contributed by atoms with Crippen LogP contribution in [0.5, 0.6) is 0 Å².